The Morgan fingerprint density at radius 2 is 1.96 bits per heavy atom. The first-order valence-corrected chi connectivity index (χ1v) is 10.4. The van der Waals surface area contributed by atoms with Crippen molar-refractivity contribution >= 4 is 38.3 Å². The van der Waals surface area contributed by atoms with Crippen molar-refractivity contribution in [2.45, 2.75) is 68.0 Å². The quantitative estimate of drug-likeness (QED) is 0.764. The number of hydrogen-bond acceptors (Lipinski definition) is 4. The van der Waals surface area contributed by atoms with Crippen LogP contribution in [0.2, 0.25) is 0 Å². The molecule has 5 aliphatic rings. The van der Waals surface area contributed by atoms with E-state index in [0.29, 0.717) is 21.8 Å². The number of halogens is 1. The Labute approximate surface area is 149 Å². The van der Waals surface area contributed by atoms with Crippen LogP contribution in [0.15, 0.2) is 0 Å². The first kappa shape index (κ1) is 14.8. The minimum absolute atomic E-state index is 0.140. The Hall–Kier alpha value is -0.490. The molecule has 5 fully saturated rings. The SMILES string of the molecule is O=C(CC12C[C@@H]3C[C@@H](CC(Br)(C3)C1)C2)Nc1nnc(C2CC2)s1. The molecule has 4 bridgehead atoms. The molecule has 1 aromatic rings. The van der Waals surface area contributed by atoms with E-state index in [-0.39, 0.29) is 11.3 Å². The third-order valence-electron chi connectivity index (χ3n) is 6.26. The van der Waals surface area contributed by atoms with Gasteiger partial charge in [-0.15, -0.1) is 10.2 Å². The Morgan fingerprint density at radius 1 is 1.22 bits per heavy atom. The fraction of sp³-hybridized carbons (Fsp3) is 0.824. The maximum absolute atomic E-state index is 12.6. The number of carbonyl (C=O) groups is 1. The van der Waals surface area contributed by atoms with Gasteiger partial charge in [-0.25, -0.2) is 0 Å². The van der Waals surface area contributed by atoms with Crippen LogP contribution >= 0.6 is 27.3 Å². The lowest BCUT2D eigenvalue weighted by atomic mass is 9.48. The zero-order valence-electron chi connectivity index (χ0n) is 13.2. The topological polar surface area (TPSA) is 54.9 Å². The molecular formula is C17H22BrN3OS. The van der Waals surface area contributed by atoms with E-state index in [1.807, 2.05) is 0 Å². The molecular weight excluding hydrogens is 374 g/mol. The average molecular weight is 396 g/mol. The lowest BCUT2D eigenvalue weighted by Gasteiger charge is -2.60. The van der Waals surface area contributed by atoms with Crippen molar-refractivity contribution in [3.63, 3.8) is 0 Å². The number of nitrogens with zero attached hydrogens (tertiary/aromatic N) is 2. The van der Waals surface area contributed by atoms with Gasteiger partial charge in [0.15, 0.2) is 0 Å². The molecule has 1 N–H and O–H groups in total. The molecule has 0 spiro atoms. The monoisotopic (exact) mass is 395 g/mol. The minimum Gasteiger partial charge on any atom is -0.301 e. The standard InChI is InChI=1S/C17H22BrN3OS/c18-17-6-10-3-11(7-17)5-16(4-10,9-17)8-13(22)19-15-21-20-14(23-15)12-1-2-12/h10-12H,1-9H2,(H,19,21,22)/t10-,11+,16?,17?. The van der Waals surface area contributed by atoms with E-state index in [0.717, 1.165) is 16.8 Å². The summed E-state index contributed by atoms with van der Waals surface area (Å²) in [7, 11) is 0. The molecule has 6 heteroatoms. The molecule has 1 aromatic heterocycles. The molecule has 1 amide bonds. The molecule has 23 heavy (non-hydrogen) atoms. The van der Waals surface area contributed by atoms with Gasteiger partial charge in [-0.3, -0.25) is 4.79 Å². The summed E-state index contributed by atoms with van der Waals surface area (Å²) in [4.78, 5) is 12.6. The van der Waals surface area contributed by atoms with Gasteiger partial charge in [0.2, 0.25) is 11.0 Å². The predicted molar refractivity (Wildman–Crippen MR) is 93.9 cm³/mol. The molecule has 6 rings (SSSR count). The van der Waals surface area contributed by atoms with Crippen molar-refractivity contribution in [3.05, 3.63) is 5.01 Å². The van der Waals surface area contributed by atoms with Gasteiger partial charge in [0.1, 0.15) is 5.01 Å². The van der Waals surface area contributed by atoms with Gasteiger partial charge in [-0.05, 0) is 68.6 Å². The highest BCUT2D eigenvalue weighted by molar-refractivity contribution is 9.10. The van der Waals surface area contributed by atoms with Crippen LogP contribution < -0.4 is 5.32 Å². The molecule has 5 aliphatic carbocycles. The second-order valence-corrected chi connectivity index (χ2v) is 11.2. The van der Waals surface area contributed by atoms with Crippen LogP contribution in [0.1, 0.15) is 68.7 Å². The lowest BCUT2D eigenvalue weighted by molar-refractivity contribution is -0.123. The number of anilines is 1. The number of carbonyl (C=O) groups excluding carboxylic acids is 1. The lowest BCUT2D eigenvalue weighted by Crippen LogP contribution is -2.53. The Morgan fingerprint density at radius 3 is 2.61 bits per heavy atom. The van der Waals surface area contributed by atoms with Gasteiger partial charge in [0.25, 0.3) is 0 Å². The maximum atomic E-state index is 12.6. The molecule has 124 valence electrons. The fourth-order valence-corrected chi connectivity index (χ4v) is 8.27. The second-order valence-electron chi connectivity index (χ2n) is 8.56. The van der Waals surface area contributed by atoms with Gasteiger partial charge in [0, 0.05) is 16.7 Å². The number of hydrogen-bond donors (Lipinski definition) is 1. The van der Waals surface area contributed by atoms with Crippen LogP contribution in [0.5, 0.6) is 0 Å². The summed E-state index contributed by atoms with van der Waals surface area (Å²) in [5.41, 5.74) is 0.224. The van der Waals surface area contributed by atoms with Crippen LogP contribution in [0.25, 0.3) is 0 Å². The van der Waals surface area contributed by atoms with E-state index in [4.69, 9.17) is 0 Å². The van der Waals surface area contributed by atoms with Crippen LogP contribution in [0, 0.1) is 17.3 Å². The minimum atomic E-state index is 0.140. The van der Waals surface area contributed by atoms with E-state index in [1.54, 1.807) is 11.3 Å². The normalized spacial score (nSPS) is 41.3. The number of rotatable bonds is 4. The summed E-state index contributed by atoms with van der Waals surface area (Å²) < 4.78 is 0.319. The van der Waals surface area contributed by atoms with Gasteiger partial charge in [0.05, 0.1) is 0 Å². The summed E-state index contributed by atoms with van der Waals surface area (Å²) in [5.74, 6) is 2.40. The van der Waals surface area contributed by atoms with Gasteiger partial charge >= 0.3 is 0 Å². The molecule has 1 heterocycles. The first-order chi connectivity index (χ1) is 11.0. The van der Waals surface area contributed by atoms with E-state index in [9.17, 15) is 4.79 Å². The molecule has 0 radical (unpaired) electrons. The van der Waals surface area contributed by atoms with E-state index >= 15 is 0 Å². The van der Waals surface area contributed by atoms with Crippen molar-refractivity contribution in [2.24, 2.45) is 17.3 Å². The predicted octanol–water partition coefficient (Wildman–Crippen LogP) is 4.48. The zero-order chi connectivity index (χ0) is 15.7. The van der Waals surface area contributed by atoms with Crippen LogP contribution in [0.3, 0.4) is 0 Å². The number of nitrogens with one attached hydrogen (secondary N) is 1. The van der Waals surface area contributed by atoms with Gasteiger partial charge in [-0.1, -0.05) is 27.3 Å². The van der Waals surface area contributed by atoms with Crippen molar-refractivity contribution in [3.8, 4) is 0 Å². The van der Waals surface area contributed by atoms with Gasteiger partial charge < -0.3 is 5.32 Å². The number of aromatic nitrogens is 2. The van der Waals surface area contributed by atoms with Crippen molar-refractivity contribution < 1.29 is 4.79 Å². The molecule has 0 aromatic carbocycles. The molecule has 4 nitrogen and oxygen atoms in total. The maximum Gasteiger partial charge on any atom is 0.226 e. The summed E-state index contributed by atoms with van der Waals surface area (Å²) in [6, 6.07) is 0. The van der Waals surface area contributed by atoms with Crippen LogP contribution in [-0.2, 0) is 4.79 Å². The second kappa shape index (κ2) is 5.01. The third kappa shape index (κ3) is 2.76. The molecule has 0 saturated heterocycles. The highest BCUT2D eigenvalue weighted by Gasteiger charge is 2.57. The molecule has 2 unspecified atom stereocenters. The van der Waals surface area contributed by atoms with Crippen molar-refractivity contribution in [2.75, 3.05) is 5.32 Å². The molecule has 4 atom stereocenters. The first-order valence-electron chi connectivity index (χ1n) is 8.83. The largest absolute Gasteiger partial charge is 0.301 e. The third-order valence-corrected chi connectivity index (χ3v) is 8.19. The zero-order valence-corrected chi connectivity index (χ0v) is 15.6. The number of alkyl halides is 1. The highest BCUT2D eigenvalue weighted by Crippen LogP contribution is 2.65. The fourth-order valence-electron chi connectivity index (χ4n) is 5.83. The van der Waals surface area contributed by atoms with Crippen LogP contribution in [0.4, 0.5) is 5.13 Å². The van der Waals surface area contributed by atoms with Crippen LogP contribution in [-0.4, -0.2) is 20.4 Å². The number of amides is 1. The smallest absolute Gasteiger partial charge is 0.226 e. The van der Waals surface area contributed by atoms with Gasteiger partial charge in [-0.2, -0.15) is 0 Å². The Bertz CT molecular complexity index is 642. The average Bonchev–Trinajstić information content (AvgIpc) is 3.16. The van der Waals surface area contributed by atoms with E-state index < -0.39 is 0 Å². The summed E-state index contributed by atoms with van der Waals surface area (Å²) in [6.07, 6.45) is 10.8. The summed E-state index contributed by atoms with van der Waals surface area (Å²) in [5, 5.41) is 13.2. The van der Waals surface area contributed by atoms with E-state index in [2.05, 4.69) is 31.4 Å². The van der Waals surface area contributed by atoms with Crippen molar-refractivity contribution in [1.82, 2.24) is 10.2 Å². The highest BCUT2D eigenvalue weighted by atomic mass is 79.9. The summed E-state index contributed by atoms with van der Waals surface area (Å²) >= 11 is 5.58. The molecule has 0 aliphatic heterocycles. The Balaban J connectivity index is 1.28. The Kier molecular flexibility index (Phi) is 3.23. The van der Waals surface area contributed by atoms with Crippen molar-refractivity contribution in [1.29, 1.82) is 0 Å². The summed E-state index contributed by atoms with van der Waals surface area (Å²) in [6.45, 7) is 0. The van der Waals surface area contributed by atoms with E-state index in [1.165, 1.54) is 51.4 Å². The molecule has 5 saturated carbocycles.